The van der Waals surface area contributed by atoms with E-state index in [0.29, 0.717) is 5.39 Å². The van der Waals surface area contributed by atoms with E-state index in [2.05, 4.69) is 0 Å². The van der Waals surface area contributed by atoms with Crippen molar-refractivity contribution in [1.82, 2.24) is 0 Å². The summed E-state index contributed by atoms with van der Waals surface area (Å²) in [6.45, 7) is 0.314. The Morgan fingerprint density at radius 3 is 2.74 bits per heavy atom. The van der Waals surface area contributed by atoms with Gasteiger partial charge < -0.3 is 14.2 Å². The molecule has 0 amide bonds. The summed E-state index contributed by atoms with van der Waals surface area (Å²) in [5, 5.41) is 1.30. The summed E-state index contributed by atoms with van der Waals surface area (Å²) in [7, 11) is 1.49. The van der Waals surface area contributed by atoms with Crippen LogP contribution in [-0.2, 0) is 9.47 Å². The van der Waals surface area contributed by atoms with Crippen molar-refractivity contribution in [3.05, 3.63) is 42.2 Å². The second kappa shape index (κ2) is 6.15. The van der Waals surface area contributed by atoms with E-state index in [1.54, 1.807) is 24.3 Å². The Morgan fingerprint density at radius 1 is 1.16 bits per heavy atom. The minimum absolute atomic E-state index is 0.0573. The minimum atomic E-state index is -0.952. The van der Waals surface area contributed by atoms with Crippen LogP contribution in [0.4, 0.5) is 9.18 Å². The van der Waals surface area contributed by atoms with E-state index in [1.165, 1.54) is 13.2 Å². The molecule has 0 saturated carbocycles. The lowest BCUT2D eigenvalue weighted by atomic mass is 10.1. The number of carbonyl (C=O) groups is 1. The number of methoxy groups -OCH3 is 1. The van der Waals surface area contributed by atoms with Crippen molar-refractivity contribution in [2.45, 2.75) is 0 Å². The largest absolute Gasteiger partial charge is 0.514 e. The van der Waals surface area contributed by atoms with Gasteiger partial charge in [-0.15, -0.1) is 0 Å². The van der Waals surface area contributed by atoms with Crippen molar-refractivity contribution < 1.29 is 23.4 Å². The number of hydrogen-bond acceptors (Lipinski definition) is 4. The molecule has 0 fully saturated rings. The highest BCUT2D eigenvalue weighted by atomic mass is 19.1. The Balaban J connectivity index is 2.19. The Bertz CT molecular complexity index is 583. The molecule has 0 heterocycles. The molecule has 19 heavy (non-hydrogen) atoms. The average molecular weight is 264 g/mol. The lowest BCUT2D eigenvalue weighted by molar-refractivity contribution is 0.0680. The fraction of sp³-hybridized carbons (Fsp3) is 0.214. The molecule has 4 nitrogen and oxygen atoms in total. The van der Waals surface area contributed by atoms with Crippen LogP contribution in [0.3, 0.4) is 0 Å². The maximum Gasteiger partial charge on any atom is 0.514 e. The van der Waals surface area contributed by atoms with Gasteiger partial charge in [0.2, 0.25) is 0 Å². The predicted molar refractivity (Wildman–Crippen MR) is 67.8 cm³/mol. The lowest BCUT2D eigenvalue weighted by Gasteiger charge is -2.09. The van der Waals surface area contributed by atoms with Gasteiger partial charge in [-0.25, -0.2) is 9.18 Å². The first-order valence-electron chi connectivity index (χ1n) is 5.73. The molecule has 0 atom stereocenters. The standard InChI is InChI=1S/C14H13FO4/c1-17-8-9-18-14(16)19-13-11-5-3-2-4-10(11)6-7-12(13)15/h2-7H,8-9H2,1H3. The van der Waals surface area contributed by atoms with Crippen LogP contribution < -0.4 is 4.74 Å². The molecule has 2 aromatic rings. The summed E-state index contributed by atoms with van der Waals surface area (Å²) < 4.78 is 28.1. The molecule has 0 saturated heterocycles. The molecule has 0 unspecified atom stereocenters. The normalized spacial score (nSPS) is 10.4. The monoisotopic (exact) mass is 264 g/mol. The zero-order valence-corrected chi connectivity index (χ0v) is 10.4. The Kier molecular flexibility index (Phi) is 4.30. The zero-order valence-electron chi connectivity index (χ0n) is 10.4. The molecule has 0 bridgehead atoms. The van der Waals surface area contributed by atoms with Crippen LogP contribution in [0.15, 0.2) is 36.4 Å². The van der Waals surface area contributed by atoms with Crippen LogP contribution in [0.25, 0.3) is 10.8 Å². The van der Waals surface area contributed by atoms with Gasteiger partial charge >= 0.3 is 6.16 Å². The van der Waals surface area contributed by atoms with E-state index in [1.807, 2.05) is 6.07 Å². The molecular formula is C14H13FO4. The van der Waals surface area contributed by atoms with E-state index >= 15 is 0 Å². The first-order valence-corrected chi connectivity index (χ1v) is 5.73. The van der Waals surface area contributed by atoms with Gasteiger partial charge in [0.1, 0.15) is 6.61 Å². The predicted octanol–water partition coefficient (Wildman–Crippen LogP) is 3.14. The fourth-order valence-electron chi connectivity index (χ4n) is 1.64. The molecule has 0 aliphatic carbocycles. The summed E-state index contributed by atoms with van der Waals surface area (Å²) in [5.74, 6) is -0.733. The number of ether oxygens (including phenoxy) is 3. The molecule has 2 rings (SSSR count). The smallest absolute Gasteiger partial charge is 0.432 e. The van der Waals surface area contributed by atoms with Crippen LogP contribution in [-0.4, -0.2) is 26.5 Å². The summed E-state index contributed by atoms with van der Waals surface area (Å²) in [5.41, 5.74) is 0. The van der Waals surface area contributed by atoms with Crippen molar-refractivity contribution in [3.63, 3.8) is 0 Å². The highest BCUT2D eigenvalue weighted by Crippen LogP contribution is 2.28. The van der Waals surface area contributed by atoms with Gasteiger partial charge in [0.25, 0.3) is 0 Å². The summed E-state index contributed by atoms with van der Waals surface area (Å²) in [6.07, 6.45) is -0.952. The van der Waals surface area contributed by atoms with Crippen molar-refractivity contribution in [1.29, 1.82) is 0 Å². The highest BCUT2D eigenvalue weighted by molar-refractivity contribution is 5.89. The molecule has 0 radical (unpaired) electrons. The number of halogens is 1. The summed E-state index contributed by atoms with van der Waals surface area (Å²) >= 11 is 0. The van der Waals surface area contributed by atoms with Gasteiger partial charge in [-0.05, 0) is 11.5 Å². The first kappa shape index (κ1) is 13.3. The van der Waals surface area contributed by atoms with E-state index in [-0.39, 0.29) is 19.0 Å². The first-order chi connectivity index (χ1) is 9.22. The molecule has 5 heteroatoms. The second-order valence-corrected chi connectivity index (χ2v) is 3.79. The zero-order chi connectivity index (χ0) is 13.7. The van der Waals surface area contributed by atoms with Gasteiger partial charge in [0.05, 0.1) is 6.61 Å². The summed E-state index contributed by atoms with van der Waals surface area (Å²) in [6, 6.07) is 9.91. The van der Waals surface area contributed by atoms with Crippen LogP contribution >= 0.6 is 0 Å². The van der Waals surface area contributed by atoms with Crippen LogP contribution in [0.1, 0.15) is 0 Å². The number of hydrogen-bond donors (Lipinski definition) is 0. The average Bonchev–Trinajstić information content (AvgIpc) is 2.42. The van der Waals surface area contributed by atoms with E-state index in [4.69, 9.17) is 14.2 Å². The van der Waals surface area contributed by atoms with Crippen molar-refractivity contribution >= 4 is 16.9 Å². The third kappa shape index (κ3) is 3.20. The van der Waals surface area contributed by atoms with E-state index in [0.717, 1.165) is 5.39 Å². The van der Waals surface area contributed by atoms with Crippen LogP contribution in [0.2, 0.25) is 0 Å². The Labute approximate surface area is 109 Å². The number of benzene rings is 2. The maximum atomic E-state index is 13.7. The third-order valence-electron chi connectivity index (χ3n) is 2.52. The molecule has 0 aliphatic heterocycles. The van der Waals surface area contributed by atoms with Crippen molar-refractivity contribution in [3.8, 4) is 5.75 Å². The molecular weight excluding hydrogens is 251 g/mol. The number of rotatable bonds is 4. The fourth-order valence-corrected chi connectivity index (χ4v) is 1.64. The van der Waals surface area contributed by atoms with Crippen molar-refractivity contribution in [2.75, 3.05) is 20.3 Å². The van der Waals surface area contributed by atoms with Gasteiger partial charge in [0, 0.05) is 12.5 Å². The quantitative estimate of drug-likeness (QED) is 0.483. The molecule has 0 aromatic heterocycles. The SMILES string of the molecule is COCCOC(=O)Oc1c(F)ccc2ccccc12. The maximum absolute atomic E-state index is 13.7. The highest BCUT2D eigenvalue weighted by Gasteiger charge is 2.14. The van der Waals surface area contributed by atoms with Gasteiger partial charge in [-0.2, -0.15) is 0 Å². The molecule has 0 spiro atoms. The second-order valence-electron chi connectivity index (χ2n) is 3.79. The van der Waals surface area contributed by atoms with Crippen molar-refractivity contribution in [2.24, 2.45) is 0 Å². The van der Waals surface area contributed by atoms with Gasteiger partial charge in [-0.1, -0.05) is 30.3 Å². The molecule has 2 aromatic carbocycles. The van der Waals surface area contributed by atoms with Crippen LogP contribution in [0, 0.1) is 5.82 Å². The number of carbonyl (C=O) groups excluding carboxylic acids is 1. The number of fused-ring (bicyclic) bond motifs is 1. The lowest BCUT2D eigenvalue weighted by Crippen LogP contribution is -2.14. The van der Waals surface area contributed by atoms with Gasteiger partial charge in [0.15, 0.2) is 11.6 Å². The third-order valence-corrected chi connectivity index (χ3v) is 2.52. The topological polar surface area (TPSA) is 44.8 Å². The Hall–Kier alpha value is -2.14. The Morgan fingerprint density at radius 2 is 1.95 bits per heavy atom. The van der Waals surface area contributed by atoms with Crippen LogP contribution in [0.5, 0.6) is 5.75 Å². The van der Waals surface area contributed by atoms with E-state index < -0.39 is 12.0 Å². The minimum Gasteiger partial charge on any atom is -0.432 e. The molecule has 0 aliphatic rings. The van der Waals surface area contributed by atoms with E-state index in [9.17, 15) is 9.18 Å². The molecule has 100 valence electrons. The molecule has 0 N–H and O–H groups in total. The van der Waals surface area contributed by atoms with Gasteiger partial charge in [-0.3, -0.25) is 0 Å². The summed E-state index contributed by atoms with van der Waals surface area (Å²) in [4.78, 5) is 11.4.